The maximum absolute atomic E-state index is 14.2. The van der Waals surface area contributed by atoms with Crippen molar-refractivity contribution in [2.75, 3.05) is 38.7 Å². The van der Waals surface area contributed by atoms with Gasteiger partial charge in [-0.05, 0) is 93.7 Å². The molecule has 228 valence electrons. The van der Waals surface area contributed by atoms with Crippen molar-refractivity contribution in [3.63, 3.8) is 0 Å². The topological polar surface area (TPSA) is 107 Å². The van der Waals surface area contributed by atoms with Crippen molar-refractivity contribution in [1.29, 1.82) is 0 Å². The van der Waals surface area contributed by atoms with E-state index in [4.69, 9.17) is 4.74 Å². The molecule has 3 atom stereocenters. The zero-order valence-corrected chi connectivity index (χ0v) is 24.8. The summed E-state index contributed by atoms with van der Waals surface area (Å²) in [6.07, 6.45) is 7.24. The van der Waals surface area contributed by atoms with E-state index in [1.54, 1.807) is 12.2 Å². The number of fused-ring (bicyclic) bond motifs is 1. The summed E-state index contributed by atoms with van der Waals surface area (Å²) in [7, 11) is 0.416. The van der Waals surface area contributed by atoms with Gasteiger partial charge in [0.05, 0.1) is 28.2 Å². The van der Waals surface area contributed by atoms with Gasteiger partial charge in [0.1, 0.15) is 22.7 Å². The Bertz CT molecular complexity index is 1480. The van der Waals surface area contributed by atoms with Gasteiger partial charge in [-0.25, -0.2) is 8.78 Å². The number of carbonyl (C=O) groups excluding carboxylic acids is 1. The summed E-state index contributed by atoms with van der Waals surface area (Å²) in [5.74, 6) is -1.02. The van der Waals surface area contributed by atoms with Crippen LogP contribution in [0, 0.1) is 11.6 Å². The zero-order chi connectivity index (χ0) is 29.9. The van der Waals surface area contributed by atoms with Crippen LogP contribution in [0.4, 0.5) is 14.5 Å². The van der Waals surface area contributed by atoms with Gasteiger partial charge in [-0.15, -0.1) is 0 Å². The largest absolute Gasteiger partial charge is 0.381 e. The van der Waals surface area contributed by atoms with E-state index in [-0.39, 0.29) is 34.4 Å². The predicted molar refractivity (Wildman–Crippen MR) is 164 cm³/mol. The van der Waals surface area contributed by atoms with E-state index in [9.17, 15) is 17.8 Å². The molecule has 12 heteroatoms. The number of halogens is 2. The molecule has 2 aromatic rings. The Morgan fingerprint density at radius 1 is 1.12 bits per heavy atom. The fourth-order valence-corrected chi connectivity index (χ4v) is 7.05. The highest BCUT2D eigenvalue weighted by Crippen LogP contribution is 2.32. The SMILES string of the molecule is CN1CCC(c2ccc(C(=O)NC3=NNC4C=CC(S(=O)Cc5cc(F)ccc5F)=NC34)c(NC3CCOCC3)c2)CC1. The number of amides is 1. The number of carbonyl (C=O) groups is 1. The molecule has 2 aromatic carbocycles. The standard InChI is InChI=1S/C31H36F2N6O3S/c1-39-12-8-19(9-13-39)20-2-4-24(27(17-20)34-23-10-14-42-15-11-23)31(40)36-30-29-26(37-38-30)6-7-28(35-29)43(41)18-21-16-22(32)3-5-25(21)33/h2-7,16-17,19,23,26,29,34,37H,8-15,18H2,1H3,(H,36,38,40). The smallest absolute Gasteiger partial charge is 0.258 e. The number of benzene rings is 2. The molecule has 2 saturated heterocycles. The molecule has 9 nitrogen and oxygen atoms in total. The summed E-state index contributed by atoms with van der Waals surface area (Å²) < 4.78 is 46.4. The number of likely N-dealkylation sites (tertiary alicyclic amines) is 1. The fraction of sp³-hybridized carbons (Fsp3) is 0.452. The molecule has 3 N–H and O–H groups in total. The van der Waals surface area contributed by atoms with Crippen molar-refractivity contribution in [2.24, 2.45) is 10.1 Å². The highest BCUT2D eigenvalue weighted by molar-refractivity contribution is 8.00. The molecule has 3 unspecified atom stereocenters. The first kappa shape index (κ1) is 29.6. The van der Waals surface area contributed by atoms with Gasteiger partial charge < -0.3 is 20.3 Å². The van der Waals surface area contributed by atoms with Crippen LogP contribution >= 0.6 is 0 Å². The number of dihydropyridines is 1. The minimum atomic E-state index is -1.73. The minimum absolute atomic E-state index is 0.0107. The van der Waals surface area contributed by atoms with Crippen molar-refractivity contribution in [2.45, 2.75) is 55.5 Å². The van der Waals surface area contributed by atoms with Gasteiger partial charge in [-0.1, -0.05) is 12.1 Å². The number of amidine groups is 1. The van der Waals surface area contributed by atoms with Crippen molar-refractivity contribution in [1.82, 2.24) is 15.6 Å². The first-order chi connectivity index (χ1) is 20.8. The van der Waals surface area contributed by atoms with Crippen molar-refractivity contribution in [3.05, 3.63) is 76.9 Å². The number of hydrazone groups is 1. The first-order valence-electron chi connectivity index (χ1n) is 14.7. The summed E-state index contributed by atoms with van der Waals surface area (Å²) in [5.41, 5.74) is 5.50. The molecule has 0 bridgehead atoms. The summed E-state index contributed by atoms with van der Waals surface area (Å²) in [4.78, 5) is 20.6. The monoisotopic (exact) mass is 610 g/mol. The highest BCUT2D eigenvalue weighted by atomic mass is 32.2. The number of hydrogen-bond acceptors (Lipinski definition) is 8. The molecule has 43 heavy (non-hydrogen) atoms. The number of aliphatic imine (C=N–C) groups is 1. The molecule has 0 radical (unpaired) electrons. The molecular formula is C31H36F2N6O3S. The van der Waals surface area contributed by atoms with Crippen LogP contribution in [0.3, 0.4) is 0 Å². The number of ether oxygens (including phenoxy) is 1. The van der Waals surface area contributed by atoms with Crippen LogP contribution in [0.5, 0.6) is 0 Å². The predicted octanol–water partition coefficient (Wildman–Crippen LogP) is 3.67. The zero-order valence-electron chi connectivity index (χ0n) is 24.0. The second-order valence-corrected chi connectivity index (χ2v) is 12.9. The normalized spacial score (nSPS) is 23.6. The van der Waals surface area contributed by atoms with Crippen LogP contribution in [0.25, 0.3) is 0 Å². The lowest BCUT2D eigenvalue weighted by Crippen LogP contribution is -2.43. The third-order valence-electron chi connectivity index (χ3n) is 8.50. The number of nitrogens with one attached hydrogen (secondary N) is 3. The van der Waals surface area contributed by atoms with E-state index in [1.807, 2.05) is 12.1 Å². The van der Waals surface area contributed by atoms with Crippen molar-refractivity contribution in [3.8, 4) is 0 Å². The Balaban J connectivity index is 1.19. The van der Waals surface area contributed by atoms with Gasteiger partial charge in [-0.2, -0.15) is 5.10 Å². The van der Waals surface area contributed by atoms with Crippen LogP contribution in [0.15, 0.2) is 58.6 Å². The molecule has 4 heterocycles. The molecule has 4 aliphatic rings. The fourth-order valence-electron chi connectivity index (χ4n) is 5.93. The Labute approximate surface area is 252 Å². The van der Waals surface area contributed by atoms with E-state index < -0.39 is 28.5 Å². The summed E-state index contributed by atoms with van der Waals surface area (Å²) in [6.45, 7) is 3.45. The maximum atomic E-state index is 14.2. The number of hydrogen-bond donors (Lipinski definition) is 3. The van der Waals surface area contributed by atoms with E-state index in [0.717, 1.165) is 62.7 Å². The van der Waals surface area contributed by atoms with Crippen molar-refractivity contribution < 1.29 is 22.5 Å². The van der Waals surface area contributed by atoms with E-state index in [2.05, 4.69) is 44.2 Å². The van der Waals surface area contributed by atoms with Crippen LogP contribution in [-0.2, 0) is 21.3 Å². The molecular weight excluding hydrogens is 574 g/mol. The minimum Gasteiger partial charge on any atom is -0.381 e. The van der Waals surface area contributed by atoms with E-state index in [1.165, 1.54) is 5.56 Å². The van der Waals surface area contributed by atoms with E-state index >= 15 is 0 Å². The molecule has 2 fully saturated rings. The van der Waals surface area contributed by atoms with Gasteiger partial charge in [-0.3, -0.25) is 19.4 Å². The molecule has 0 saturated carbocycles. The van der Waals surface area contributed by atoms with Crippen LogP contribution in [0.2, 0.25) is 0 Å². The lowest BCUT2D eigenvalue weighted by atomic mass is 9.88. The number of anilines is 1. The molecule has 0 spiro atoms. The van der Waals surface area contributed by atoms with Crippen LogP contribution < -0.4 is 16.1 Å². The second-order valence-electron chi connectivity index (χ2n) is 11.5. The molecule has 0 aromatic heterocycles. The Hall–Kier alpha value is -3.48. The lowest BCUT2D eigenvalue weighted by Gasteiger charge is -2.30. The Kier molecular flexibility index (Phi) is 8.96. The summed E-state index contributed by atoms with van der Waals surface area (Å²) in [6, 6.07) is 8.38. The quantitative estimate of drug-likeness (QED) is 0.461. The molecule has 6 rings (SSSR count). The Morgan fingerprint density at radius 3 is 2.70 bits per heavy atom. The lowest BCUT2D eigenvalue weighted by molar-refractivity contribution is 0.0904. The second kappa shape index (κ2) is 13.0. The average Bonchev–Trinajstić information content (AvgIpc) is 3.41. The highest BCUT2D eigenvalue weighted by Gasteiger charge is 2.35. The molecule has 1 amide bonds. The van der Waals surface area contributed by atoms with Crippen LogP contribution in [-0.4, -0.2) is 77.4 Å². The average molecular weight is 611 g/mol. The number of piperidine rings is 1. The van der Waals surface area contributed by atoms with Gasteiger partial charge in [0.25, 0.3) is 5.91 Å². The number of nitrogens with zero attached hydrogens (tertiary/aromatic N) is 3. The Morgan fingerprint density at radius 2 is 1.91 bits per heavy atom. The third-order valence-corrected chi connectivity index (χ3v) is 9.78. The van der Waals surface area contributed by atoms with Crippen molar-refractivity contribution >= 4 is 33.3 Å². The van der Waals surface area contributed by atoms with E-state index in [0.29, 0.717) is 30.5 Å². The summed E-state index contributed by atoms with van der Waals surface area (Å²) >= 11 is 0. The summed E-state index contributed by atoms with van der Waals surface area (Å²) in [5, 5.41) is 11.1. The molecule has 0 aliphatic carbocycles. The molecule has 4 aliphatic heterocycles. The van der Waals surface area contributed by atoms with Crippen LogP contribution in [0.1, 0.15) is 53.1 Å². The van der Waals surface area contributed by atoms with Gasteiger partial charge in [0.2, 0.25) is 0 Å². The third kappa shape index (κ3) is 6.86. The first-order valence-corrected chi connectivity index (χ1v) is 16.1. The van der Waals surface area contributed by atoms with Gasteiger partial charge >= 0.3 is 0 Å². The number of rotatable bonds is 6. The van der Waals surface area contributed by atoms with Gasteiger partial charge in [0, 0.05) is 30.5 Å². The van der Waals surface area contributed by atoms with Gasteiger partial charge in [0.15, 0.2) is 5.84 Å². The maximum Gasteiger partial charge on any atom is 0.258 e.